The summed E-state index contributed by atoms with van der Waals surface area (Å²) in [5.74, 6) is 0. The first-order chi connectivity index (χ1) is 6.39. The van der Waals surface area contributed by atoms with Crippen LogP contribution in [0.3, 0.4) is 0 Å². The Morgan fingerprint density at radius 2 is 1.86 bits per heavy atom. The lowest BCUT2D eigenvalue weighted by atomic mass is 9.87. The van der Waals surface area contributed by atoms with Gasteiger partial charge in [0, 0.05) is 0 Å². The number of aliphatic hydroxyl groups is 2. The number of halogens is 1. The summed E-state index contributed by atoms with van der Waals surface area (Å²) in [4.78, 5) is 0. The van der Waals surface area contributed by atoms with Crippen molar-refractivity contribution in [1.29, 1.82) is 0 Å². The van der Waals surface area contributed by atoms with Gasteiger partial charge in [-0.05, 0) is 25.0 Å². The van der Waals surface area contributed by atoms with Crippen LogP contribution in [-0.2, 0) is 5.60 Å². The number of aliphatic hydroxyl groups excluding tert-OH is 1. The first-order valence-electron chi connectivity index (χ1n) is 4.58. The van der Waals surface area contributed by atoms with Crippen LogP contribution < -0.4 is 0 Å². The van der Waals surface area contributed by atoms with Crippen molar-refractivity contribution >= 4 is 0 Å². The summed E-state index contributed by atoms with van der Waals surface area (Å²) in [5, 5.41) is 19.7. The average molecular weight is 196 g/mol. The highest BCUT2D eigenvalue weighted by Gasteiger charge is 2.57. The van der Waals surface area contributed by atoms with Gasteiger partial charge in [0.2, 0.25) is 0 Å². The second-order valence-corrected chi connectivity index (χ2v) is 4.14. The zero-order valence-electron chi connectivity index (χ0n) is 8.16. The van der Waals surface area contributed by atoms with Crippen molar-refractivity contribution in [2.75, 3.05) is 0 Å². The summed E-state index contributed by atoms with van der Waals surface area (Å²) in [7, 11) is 0. The van der Waals surface area contributed by atoms with Crippen LogP contribution in [0.15, 0.2) is 24.3 Å². The highest BCUT2D eigenvalue weighted by atomic mass is 19.1. The van der Waals surface area contributed by atoms with Gasteiger partial charge in [-0.15, -0.1) is 0 Å². The van der Waals surface area contributed by atoms with Crippen molar-refractivity contribution in [1.82, 2.24) is 0 Å². The highest BCUT2D eigenvalue weighted by Crippen LogP contribution is 2.52. The fraction of sp³-hybridized carbons (Fsp3) is 0.455. The van der Waals surface area contributed by atoms with Crippen molar-refractivity contribution in [2.24, 2.45) is 0 Å². The fourth-order valence-electron chi connectivity index (χ4n) is 2.00. The Bertz CT molecular complexity index is 371. The summed E-state index contributed by atoms with van der Waals surface area (Å²) < 4.78 is 14.1. The Balaban J connectivity index is 2.68. The molecule has 76 valence electrons. The van der Waals surface area contributed by atoms with E-state index in [0.717, 1.165) is 0 Å². The molecular formula is C11H13FO2. The second kappa shape index (κ2) is 2.55. The van der Waals surface area contributed by atoms with Crippen LogP contribution in [0.2, 0.25) is 0 Å². The van der Waals surface area contributed by atoms with Crippen molar-refractivity contribution < 1.29 is 14.6 Å². The SMILES string of the molecule is CC1(F)[C@H](O)c2ccccc2[C@]1(C)O. The molecule has 1 aromatic carbocycles. The zero-order chi connectivity index (χ0) is 10.6. The van der Waals surface area contributed by atoms with Gasteiger partial charge in [0.25, 0.3) is 0 Å². The molecule has 1 aliphatic rings. The molecular weight excluding hydrogens is 183 g/mol. The lowest BCUT2D eigenvalue weighted by Crippen LogP contribution is -2.42. The maximum Gasteiger partial charge on any atom is 0.170 e. The summed E-state index contributed by atoms with van der Waals surface area (Å²) in [5.41, 5.74) is -2.71. The molecule has 2 nitrogen and oxygen atoms in total. The molecule has 0 spiro atoms. The molecule has 1 aliphatic carbocycles. The van der Waals surface area contributed by atoms with E-state index in [-0.39, 0.29) is 0 Å². The molecule has 0 saturated heterocycles. The summed E-state index contributed by atoms with van der Waals surface area (Å²) in [6, 6.07) is 6.73. The molecule has 1 unspecified atom stereocenters. The lowest BCUT2D eigenvalue weighted by Gasteiger charge is -2.31. The summed E-state index contributed by atoms with van der Waals surface area (Å²) >= 11 is 0. The fourth-order valence-corrected chi connectivity index (χ4v) is 2.00. The highest BCUT2D eigenvalue weighted by molar-refractivity contribution is 5.43. The van der Waals surface area contributed by atoms with Gasteiger partial charge in [-0.2, -0.15) is 0 Å². The van der Waals surface area contributed by atoms with E-state index in [1.807, 2.05) is 0 Å². The minimum absolute atomic E-state index is 0.470. The smallest absolute Gasteiger partial charge is 0.170 e. The molecule has 0 bridgehead atoms. The van der Waals surface area contributed by atoms with Gasteiger partial charge >= 0.3 is 0 Å². The monoisotopic (exact) mass is 196 g/mol. The standard InChI is InChI=1S/C11H13FO2/c1-10(12)9(13)7-5-3-4-6-8(7)11(10,2)14/h3-6,9,13-14H,1-2H3/t9-,10?,11+/m1/s1. The number of alkyl halides is 1. The maximum absolute atomic E-state index is 14.1. The van der Waals surface area contributed by atoms with Gasteiger partial charge in [0.15, 0.2) is 5.67 Å². The molecule has 0 aliphatic heterocycles. The maximum atomic E-state index is 14.1. The van der Waals surface area contributed by atoms with Crippen molar-refractivity contribution in [3.63, 3.8) is 0 Å². The Morgan fingerprint density at radius 1 is 1.29 bits per heavy atom. The quantitative estimate of drug-likeness (QED) is 0.662. The molecule has 0 fully saturated rings. The number of rotatable bonds is 0. The van der Waals surface area contributed by atoms with E-state index in [2.05, 4.69) is 0 Å². The lowest BCUT2D eigenvalue weighted by molar-refractivity contribution is -0.127. The van der Waals surface area contributed by atoms with Gasteiger partial charge in [-0.25, -0.2) is 4.39 Å². The molecule has 14 heavy (non-hydrogen) atoms. The first kappa shape index (κ1) is 9.62. The number of fused-ring (bicyclic) bond motifs is 1. The van der Waals surface area contributed by atoms with Crippen LogP contribution in [0.4, 0.5) is 4.39 Å². The van der Waals surface area contributed by atoms with Crippen LogP contribution in [0.25, 0.3) is 0 Å². The van der Waals surface area contributed by atoms with E-state index in [0.29, 0.717) is 11.1 Å². The van der Waals surface area contributed by atoms with Crippen LogP contribution in [0, 0.1) is 0 Å². The van der Waals surface area contributed by atoms with Gasteiger partial charge in [-0.3, -0.25) is 0 Å². The topological polar surface area (TPSA) is 40.5 Å². The van der Waals surface area contributed by atoms with E-state index in [1.165, 1.54) is 13.8 Å². The van der Waals surface area contributed by atoms with Gasteiger partial charge in [-0.1, -0.05) is 24.3 Å². The van der Waals surface area contributed by atoms with E-state index in [9.17, 15) is 14.6 Å². The van der Waals surface area contributed by atoms with Gasteiger partial charge in [0.05, 0.1) is 0 Å². The van der Waals surface area contributed by atoms with Crippen LogP contribution in [-0.4, -0.2) is 15.9 Å². The molecule has 0 radical (unpaired) electrons. The molecule has 3 atom stereocenters. The molecule has 2 rings (SSSR count). The van der Waals surface area contributed by atoms with Gasteiger partial charge < -0.3 is 10.2 Å². The molecule has 0 saturated carbocycles. The summed E-state index contributed by atoms with van der Waals surface area (Å²) in [6.07, 6.45) is -1.26. The largest absolute Gasteiger partial charge is 0.385 e. The third-order valence-corrected chi connectivity index (χ3v) is 3.25. The first-order valence-corrected chi connectivity index (χ1v) is 4.58. The predicted octanol–water partition coefficient (Wildman–Crippen LogP) is 1.67. The average Bonchev–Trinajstić information content (AvgIpc) is 2.27. The van der Waals surface area contributed by atoms with Crippen molar-refractivity contribution in [2.45, 2.75) is 31.2 Å². The van der Waals surface area contributed by atoms with E-state index in [4.69, 9.17) is 0 Å². The predicted molar refractivity (Wildman–Crippen MR) is 50.5 cm³/mol. The zero-order valence-corrected chi connectivity index (χ0v) is 8.16. The Labute approximate surface area is 82.0 Å². The Morgan fingerprint density at radius 3 is 2.43 bits per heavy atom. The molecule has 0 heterocycles. The molecule has 0 amide bonds. The molecule has 3 heteroatoms. The van der Waals surface area contributed by atoms with Gasteiger partial charge in [0.1, 0.15) is 11.7 Å². The van der Waals surface area contributed by atoms with Crippen molar-refractivity contribution in [3.8, 4) is 0 Å². The second-order valence-electron chi connectivity index (χ2n) is 4.14. The summed E-state index contributed by atoms with van der Waals surface area (Å²) in [6.45, 7) is 2.61. The minimum Gasteiger partial charge on any atom is -0.385 e. The van der Waals surface area contributed by atoms with E-state index < -0.39 is 17.4 Å². The van der Waals surface area contributed by atoms with Crippen LogP contribution in [0.5, 0.6) is 0 Å². The minimum atomic E-state index is -2.03. The number of hydrogen-bond donors (Lipinski definition) is 2. The normalized spacial score (nSPS) is 41.1. The molecule has 0 aromatic heterocycles. The van der Waals surface area contributed by atoms with E-state index in [1.54, 1.807) is 24.3 Å². The third-order valence-electron chi connectivity index (χ3n) is 3.25. The number of hydrogen-bond acceptors (Lipinski definition) is 2. The Kier molecular flexibility index (Phi) is 1.75. The van der Waals surface area contributed by atoms with E-state index >= 15 is 0 Å². The third kappa shape index (κ3) is 0.913. The Hall–Kier alpha value is -0.930. The van der Waals surface area contributed by atoms with Crippen LogP contribution >= 0.6 is 0 Å². The number of benzene rings is 1. The van der Waals surface area contributed by atoms with Crippen LogP contribution in [0.1, 0.15) is 31.1 Å². The molecule has 1 aromatic rings. The van der Waals surface area contributed by atoms with Crippen molar-refractivity contribution in [3.05, 3.63) is 35.4 Å². The molecule has 2 N–H and O–H groups in total.